The quantitative estimate of drug-likeness (QED) is 0.922. The van der Waals surface area contributed by atoms with Crippen LogP contribution in [0.2, 0.25) is 0 Å². The van der Waals surface area contributed by atoms with E-state index in [1.54, 1.807) is 16.2 Å². The molecule has 1 amide bonds. The van der Waals surface area contributed by atoms with Crippen LogP contribution in [0.4, 0.5) is 0 Å². The van der Waals surface area contributed by atoms with Gasteiger partial charge in [-0.15, -0.1) is 11.3 Å². The van der Waals surface area contributed by atoms with Crippen molar-refractivity contribution in [1.82, 2.24) is 4.90 Å². The van der Waals surface area contributed by atoms with Crippen LogP contribution in [-0.2, 0) is 20.7 Å². The first-order chi connectivity index (χ1) is 9.98. The van der Waals surface area contributed by atoms with Gasteiger partial charge >= 0.3 is 5.97 Å². The molecule has 21 heavy (non-hydrogen) atoms. The second-order valence-corrected chi connectivity index (χ2v) is 7.07. The van der Waals surface area contributed by atoms with Crippen LogP contribution in [0, 0.1) is 0 Å². The van der Waals surface area contributed by atoms with E-state index in [0.717, 1.165) is 19.3 Å². The first kappa shape index (κ1) is 14.5. The van der Waals surface area contributed by atoms with Gasteiger partial charge < -0.3 is 14.7 Å². The molecule has 1 aliphatic heterocycles. The second kappa shape index (κ2) is 5.42. The number of aryl methyl sites for hydroxylation is 1. The van der Waals surface area contributed by atoms with Gasteiger partial charge in [-0.1, -0.05) is 0 Å². The molecule has 114 valence electrons. The van der Waals surface area contributed by atoms with Gasteiger partial charge in [0, 0.05) is 4.88 Å². The van der Waals surface area contributed by atoms with E-state index in [9.17, 15) is 9.59 Å². The fraction of sp³-hybridized carbons (Fsp3) is 0.600. The van der Waals surface area contributed by atoms with Gasteiger partial charge in [0.25, 0.3) is 0 Å². The van der Waals surface area contributed by atoms with Crippen LogP contribution in [-0.4, -0.2) is 47.2 Å². The molecule has 0 saturated carbocycles. The largest absolute Gasteiger partial charge is 0.480 e. The standard InChI is InChI=1S/C15H19NO4S/c1-15(20-7-13(17)18)8-16(9-15)14(19)11-3-2-4-12-10(11)5-6-21-12/h5-6,11H,2-4,7-9H2,1H3,(H,17,18). The van der Waals surface area contributed by atoms with E-state index >= 15 is 0 Å². The summed E-state index contributed by atoms with van der Waals surface area (Å²) in [5.41, 5.74) is 0.677. The van der Waals surface area contributed by atoms with Gasteiger partial charge in [-0.05, 0) is 43.2 Å². The molecule has 0 radical (unpaired) electrons. The van der Waals surface area contributed by atoms with Crippen LogP contribution < -0.4 is 0 Å². The molecule has 0 bridgehead atoms. The monoisotopic (exact) mass is 309 g/mol. The highest BCUT2D eigenvalue weighted by Gasteiger charge is 2.45. The average molecular weight is 309 g/mol. The fourth-order valence-electron chi connectivity index (χ4n) is 3.21. The third kappa shape index (κ3) is 2.82. The van der Waals surface area contributed by atoms with Crippen molar-refractivity contribution in [2.75, 3.05) is 19.7 Å². The molecule has 1 aromatic heterocycles. The van der Waals surface area contributed by atoms with E-state index < -0.39 is 11.6 Å². The number of thiophene rings is 1. The molecule has 1 fully saturated rings. The molecule has 5 nitrogen and oxygen atoms in total. The minimum atomic E-state index is -0.976. The third-order valence-corrected chi connectivity index (χ3v) is 5.25. The summed E-state index contributed by atoms with van der Waals surface area (Å²) in [4.78, 5) is 26.3. The van der Waals surface area contributed by atoms with Gasteiger partial charge in [0.15, 0.2) is 0 Å². The number of ether oxygens (including phenoxy) is 1. The van der Waals surface area contributed by atoms with Gasteiger partial charge in [-0.25, -0.2) is 4.79 Å². The van der Waals surface area contributed by atoms with E-state index in [1.807, 2.05) is 6.92 Å². The first-order valence-corrected chi connectivity index (χ1v) is 8.07. The van der Waals surface area contributed by atoms with Crippen LogP contribution in [0.25, 0.3) is 0 Å². The predicted octanol–water partition coefficient (Wildman–Crippen LogP) is 1.87. The fourth-order valence-corrected chi connectivity index (χ4v) is 4.20. The van der Waals surface area contributed by atoms with Gasteiger partial charge in [0.2, 0.25) is 5.91 Å². The lowest BCUT2D eigenvalue weighted by Gasteiger charge is -2.48. The van der Waals surface area contributed by atoms with Gasteiger partial charge in [-0.2, -0.15) is 0 Å². The maximum absolute atomic E-state index is 12.6. The Morgan fingerprint density at radius 3 is 3.00 bits per heavy atom. The van der Waals surface area contributed by atoms with Crippen molar-refractivity contribution in [2.24, 2.45) is 0 Å². The van der Waals surface area contributed by atoms with Crippen molar-refractivity contribution in [3.63, 3.8) is 0 Å². The van der Waals surface area contributed by atoms with Crippen molar-refractivity contribution in [1.29, 1.82) is 0 Å². The Labute approximate surface area is 127 Å². The Morgan fingerprint density at radius 1 is 1.52 bits per heavy atom. The van der Waals surface area contributed by atoms with E-state index in [-0.39, 0.29) is 18.4 Å². The number of amides is 1. The van der Waals surface area contributed by atoms with Crippen molar-refractivity contribution in [3.05, 3.63) is 21.9 Å². The average Bonchev–Trinajstić information content (AvgIpc) is 2.89. The van der Waals surface area contributed by atoms with E-state index in [0.29, 0.717) is 13.1 Å². The summed E-state index contributed by atoms with van der Waals surface area (Å²) in [6, 6.07) is 2.07. The molecule has 0 aromatic carbocycles. The number of hydrogen-bond acceptors (Lipinski definition) is 4. The van der Waals surface area contributed by atoms with Crippen molar-refractivity contribution >= 4 is 23.2 Å². The minimum Gasteiger partial charge on any atom is -0.480 e. The predicted molar refractivity (Wildman–Crippen MR) is 78.6 cm³/mol. The summed E-state index contributed by atoms with van der Waals surface area (Å²) in [7, 11) is 0. The van der Waals surface area contributed by atoms with Crippen LogP contribution in [0.5, 0.6) is 0 Å². The lowest BCUT2D eigenvalue weighted by Crippen LogP contribution is -2.64. The number of likely N-dealkylation sites (tertiary alicyclic amines) is 1. The zero-order valence-electron chi connectivity index (χ0n) is 12.0. The number of carboxylic acids is 1. The maximum atomic E-state index is 12.6. The van der Waals surface area contributed by atoms with Gasteiger partial charge in [-0.3, -0.25) is 4.79 Å². The third-order valence-electron chi connectivity index (χ3n) is 4.26. The highest BCUT2D eigenvalue weighted by molar-refractivity contribution is 7.10. The number of hydrogen-bond donors (Lipinski definition) is 1. The molecule has 3 rings (SSSR count). The number of carbonyl (C=O) groups excluding carboxylic acids is 1. The molecule has 2 aliphatic rings. The Hall–Kier alpha value is -1.40. The van der Waals surface area contributed by atoms with Crippen molar-refractivity contribution in [3.8, 4) is 0 Å². The topological polar surface area (TPSA) is 66.8 Å². The molecular weight excluding hydrogens is 290 g/mol. The number of aliphatic carboxylic acids is 1. The van der Waals surface area contributed by atoms with Crippen LogP contribution >= 0.6 is 11.3 Å². The molecule has 2 heterocycles. The molecule has 1 aromatic rings. The molecule has 0 spiro atoms. The van der Waals surface area contributed by atoms with Gasteiger partial charge in [0.1, 0.15) is 12.2 Å². The van der Waals surface area contributed by atoms with E-state index in [2.05, 4.69) is 11.4 Å². The summed E-state index contributed by atoms with van der Waals surface area (Å²) in [6.45, 7) is 2.51. The SMILES string of the molecule is CC1(OCC(=O)O)CN(C(=O)C2CCCc3sccc32)C1. The van der Waals surface area contributed by atoms with Crippen LogP contribution in [0.3, 0.4) is 0 Å². The van der Waals surface area contributed by atoms with Crippen molar-refractivity contribution < 1.29 is 19.4 Å². The number of rotatable bonds is 4. The number of fused-ring (bicyclic) bond motifs is 1. The molecule has 6 heteroatoms. The number of carbonyl (C=O) groups is 2. The molecule has 1 aliphatic carbocycles. The molecule has 1 saturated heterocycles. The summed E-state index contributed by atoms with van der Waals surface area (Å²) >= 11 is 1.73. The highest BCUT2D eigenvalue weighted by Crippen LogP contribution is 2.38. The van der Waals surface area contributed by atoms with Crippen molar-refractivity contribution in [2.45, 2.75) is 37.7 Å². The highest BCUT2D eigenvalue weighted by atomic mass is 32.1. The maximum Gasteiger partial charge on any atom is 0.329 e. The van der Waals surface area contributed by atoms with Crippen LogP contribution in [0.15, 0.2) is 11.4 Å². The van der Waals surface area contributed by atoms with E-state index in [1.165, 1.54) is 10.4 Å². The zero-order valence-corrected chi connectivity index (χ0v) is 12.8. The lowest BCUT2D eigenvalue weighted by atomic mass is 9.84. The van der Waals surface area contributed by atoms with Crippen LogP contribution in [0.1, 0.15) is 36.1 Å². The Bertz CT molecular complexity index is 562. The normalized spacial score (nSPS) is 23.3. The second-order valence-electron chi connectivity index (χ2n) is 6.07. The smallest absolute Gasteiger partial charge is 0.329 e. The first-order valence-electron chi connectivity index (χ1n) is 7.19. The Balaban J connectivity index is 1.61. The molecule has 1 unspecified atom stereocenters. The molecule has 1 atom stereocenters. The number of nitrogens with zero attached hydrogens (tertiary/aromatic N) is 1. The number of carboxylic acid groups (broad SMARTS) is 1. The summed E-state index contributed by atoms with van der Waals surface area (Å²) < 4.78 is 5.36. The lowest BCUT2D eigenvalue weighted by molar-refractivity contribution is -0.174. The summed E-state index contributed by atoms with van der Waals surface area (Å²) in [5, 5.41) is 10.7. The van der Waals surface area contributed by atoms with E-state index in [4.69, 9.17) is 9.84 Å². The molecular formula is C15H19NO4S. The Kier molecular flexibility index (Phi) is 3.75. The summed E-state index contributed by atoms with van der Waals surface area (Å²) in [6.07, 6.45) is 3.05. The Morgan fingerprint density at radius 2 is 2.29 bits per heavy atom. The zero-order chi connectivity index (χ0) is 15.0. The molecule has 1 N–H and O–H groups in total. The summed E-state index contributed by atoms with van der Waals surface area (Å²) in [5.74, 6) is -0.842. The van der Waals surface area contributed by atoms with Gasteiger partial charge in [0.05, 0.1) is 19.0 Å². The minimum absolute atomic E-state index is 0.0241.